The minimum absolute atomic E-state index is 0.0181. The Labute approximate surface area is 87.7 Å². The van der Waals surface area contributed by atoms with E-state index < -0.39 is 5.60 Å². The van der Waals surface area contributed by atoms with Crippen LogP contribution in [0.3, 0.4) is 0 Å². The first-order valence-electron chi connectivity index (χ1n) is 4.79. The van der Waals surface area contributed by atoms with Crippen molar-refractivity contribution in [3.63, 3.8) is 0 Å². The number of hydrogen-bond acceptors (Lipinski definition) is 3. The van der Waals surface area contributed by atoms with Gasteiger partial charge in [-0.1, -0.05) is 11.6 Å². The van der Waals surface area contributed by atoms with Crippen LogP contribution < -0.4 is 0 Å². The van der Waals surface area contributed by atoms with Crippen LogP contribution in [0.5, 0.6) is 0 Å². The van der Waals surface area contributed by atoms with Gasteiger partial charge >= 0.3 is 0 Å². The highest BCUT2D eigenvalue weighted by atomic mass is 35.5. The number of Topliss-reactive ketones (excluding diaryl/α,β-unsaturated/α-hetero) is 1. The molecule has 0 saturated heterocycles. The Bertz CT molecular complexity index is 300. The molecule has 0 aromatic carbocycles. The van der Waals surface area contributed by atoms with Gasteiger partial charge < -0.3 is 9.84 Å². The monoisotopic (exact) mass is 216 g/mol. The van der Waals surface area contributed by atoms with E-state index in [1.807, 2.05) is 0 Å². The maximum Gasteiger partial charge on any atom is 0.180 e. The average molecular weight is 217 g/mol. The number of methoxy groups -OCH3 is 1. The summed E-state index contributed by atoms with van der Waals surface area (Å²) in [5.74, 6) is -0.206. The molecule has 0 atom stereocenters. The van der Waals surface area contributed by atoms with Gasteiger partial charge in [0.1, 0.15) is 16.4 Å². The Morgan fingerprint density at radius 2 is 2.07 bits per heavy atom. The van der Waals surface area contributed by atoms with Crippen LogP contribution in [0.4, 0.5) is 0 Å². The molecule has 0 heterocycles. The lowest BCUT2D eigenvalue weighted by atomic mass is 9.80. The number of allylic oxidation sites excluding steroid dienone is 1. The molecule has 0 aliphatic heterocycles. The summed E-state index contributed by atoms with van der Waals surface area (Å²) in [5.41, 5.74) is -0.695. The summed E-state index contributed by atoms with van der Waals surface area (Å²) in [6, 6.07) is 0. The fourth-order valence-corrected chi connectivity index (χ4v) is 2.71. The van der Waals surface area contributed by atoms with Crippen molar-refractivity contribution in [3.8, 4) is 0 Å². The van der Waals surface area contributed by atoms with Gasteiger partial charge in [0.2, 0.25) is 0 Å². The zero-order valence-corrected chi connectivity index (χ0v) is 8.80. The number of ether oxygens (including phenoxy) is 1. The molecule has 4 heteroatoms. The van der Waals surface area contributed by atoms with Crippen molar-refractivity contribution in [1.82, 2.24) is 0 Å². The van der Waals surface area contributed by atoms with Gasteiger partial charge in [-0.3, -0.25) is 4.79 Å². The first-order chi connectivity index (χ1) is 6.60. The summed E-state index contributed by atoms with van der Waals surface area (Å²) < 4.78 is 5.33. The summed E-state index contributed by atoms with van der Waals surface area (Å²) in [5, 5.41) is 9.85. The van der Waals surface area contributed by atoms with Crippen molar-refractivity contribution in [3.05, 3.63) is 10.8 Å². The molecule has 0 unspecified atom stereocenters. The summed E-state index contributed by atoms with van der Waals surface area (Å²) >= 11 is 5.82. The number of aliphatic hydroxyl groups is 1. The highest BCUT2D eigenvalue weighted by Gasteiger charge is 2.47. The lowest BCUT2D eigenvalue weighted by Gasteiger charge is -2.34. The van der Waals surface area contributed by atoms with E-state index in [4.69, 9.17) is 16.3 Å². The Kier molecular flexibility index (Phi) is 2.32. The smallest absolute Gasteiger partial charge is 0.180 e. The van der Waals surface area contributed by atoms with E-state index >= 15 is 0 Å². The van der Waals surface area contributed by atoms with Crippen molar-refractivity contribution in [2.45, 2.75) is 31.3 Å². The average Bonchev–Trinajstić information content (AvgIpc) is 2.38. The van der Waals surface area contributed by atoms with Gasteiger partial charge in [-0.25, -0.2) is 0 Å². The molecule has 0 amide bonds. The molecule has 3 aliphatic rings. The van der Waals surface area contributed by atoms with E-state index in [0.29, 0.717) is 12.8 Å². The number of hydrogen-bond donors (Lipinski definition) is 1. The molecular formula is C10H13ClO3. The SMILES string of the molecule is COC12CCC(CC1)C(=O)C(Cl)=C2O. The summed E-state index contributed by atoms with van der Waals surface area (Å²) in [6.45, 7) is 0. The molecule has 1 saturated carbocycles. The molecule has 3 rings (SSSR count). The van der Waals surface area contributed by atoms with Crippen LogP contribution in [0.2, 0.25) is 0 Å². The zero-order chi connectivity index (χ0) is 10.3. The van der Waals surface area contributed by atoms with Gasteiger partial charge in [-0.15, -0.1) is 0 Å². The second-order valence-electron chi connectivity index (χ2n) is 4.00. The number of carbonyl (C=O) groups excluding carboxylic acids is 1. The molecule has 14 heavy (non-hydrogen) atoms. The topological polar surface area (TPSA) is 46.5 Å². The fraction of sp³-hybridized carbons (Fsp3) is 0.700. The minimum atomic E-state index is -0.695. The Hall–Kier alpha value is -0.540. The number of halogens is 1. The molecular weight excluding hydrogens is 204 g/mol. The molecule has 0 aromatic rings. The molecule has 3 nitrogen and oxygen atoms in total. The van der Waals surface area contributed by atoms with Crippen LogP contribution in [-0.4, -0.2) is 23.6 Å². The van der Waals surface area contributed by atoms with Crippen molar-refractivity contribution in [1.29, 1.82) is 0 Å². The Morgan fingerprint density at radius 1 is 1.50 bits per heavy atom. The first kappa shape index (κ1) is 9.99. The van der Waals surface area contributed by atoms with E-state index in [-0.39, 0.29) is 22.5 Å². The number of aliphatic hydroxyl groups excluding tert-OH is 1. The molecule has 0 aromatic heterocycles. The molecule has 0 spiro atoms. The van der Waals surface area contributed by atoms with E-state index in [1.165, 1.54) is 0 Å². The zero-order valence-electron chi connectivity index (χ0n) is 8.05. The Morgan fingerprint density at radius 3 is 2.57 bits per heavy atom. The van der Waals surface area contributed by atoms with E-state index in [9.17, 15) is 9.90 Å². The second-order valence-corrected chi connectivity index (χ2v) is 4.38. The second kappa shape index (κ2) is 3.24. The highest BCUT2D eigenvalue weighted by Crippen LogP contribution is 2.45. The van der Waals surface area contributed by atoms with Crippen molar-refractivity contribution in [2.24, 2.45) is 5.92 Å². The standard InChI is InChI=1S/C10H13ClO3/c1-14-10-4-2-6(3-5-10)8(12)7(11)9(10)13/h6,13H,2-5H2,1H3. The van der Waals surface area contributed by atoms with Crippen LogP contribution in [-0.2, 0) is 9.53 Å². The number of fused-ring (bicyclic) bond motifs is 3. The maximum atomic E-state index is 11.7. The fourth-order valence-electron chi connectivity index (χ4n) is 2.38. The van der Waals surface area contributed by atoms with E-state index in [0.717, 1.165) is 12.8 Å². The van der Waals surface area contributed by atoms with Crippen LogP contribution >= 0.6 is 11.6 Å². The van der Waals surface area contributed by atoms with Crippen LogP contribution in [0.15, 0.2) is 10.8 Å². The van der Waals surface area contributed by atoms with Gasteiger partial charge in [0.05, 0.1) is 0 Å². The predicted octanol–water partition coefficient (Wildman–Crippen LogP) is 2.15. The third kappa shape index (κ3) is 1.19. The molecule has 78 valence electrons. The van der Waals surface area contributed by atoms with Crippen LogP contribution in [0, 0.1) is 5.92 Å². The summed E-state index contributed by atoms with van der Waals surface area (Å²) in [7, 11) is 1.55. The number of rotatable bonds is 1. The molecule has 0 radical (unpaired) electrons. The summed E-state index contributed by atoms with van der Waals surface area (Å²) in [6.07, 6.45) is 2.88. The van der Waals surface area contributed by atoms with Gasteiger partial charge in [-0.05, 0) is 25.7 Å². The van der Waals surface area contributed by atoms with Crippen LogP contribution in [0.1, 0.15) is 25.7 Å². The maximum absolute atomic E-state index is 11.7. The molecule has 1 N–H and O–H groups in total. The molecule has 1 fully saturated rings. The quantitative estimate of drug-likeness (QED) is 0.731. The summed E-state index contributed by atoms with van der Waals surface area (Å²) in [4.78, 5) is 11.7. The van der Waals surface area contributed by atoms with Gasteiger partial charge in [0, 0.05) is 13.0 Å². The third-order valence-electron chi connectivity index (χ3n) is 3.41. The van der Waals surface area contributed by atoms with Gasteiger partial charge in [0.15, 0.2) is 5.78 Å². The Balaban J connectivity index is 2.49. The van der Waals surface area contributed by atoms with E-state index in [1.54, 1.807) is 7.11 Å². The van der Waals surface area contributed by atoms with E-state index in [2.05, 4.69) is 0 Å². The number of carbonyl (C=O) groups is 1. The lowest BCUT2D eigenvalue weighted by Crippen LogP contribution is -2.36. The van der Waals surface area contributed by atoms with Crippen molar-refractivity contribution >= 4 is 17.4 Å². The highest BCUT2D eigenvalue weighted by molar-refractivity contribution is 6.43. The largest absolute Gasteiger partial charge is 0.508 e. The predicted molar refractivity (Wildman–Crippen MR) is 52.2 cm³/mol. The van der Waals surface area contributed by atoms with Gasteiger partial charge in [0.25, 0.3) is 0 Å². The van der Waals surface area contributed by atoms with Crippen molar-refractivity contribution in [2.75, 3.05) is 7.11 Å². The van der Waals surface area contributed by atoms with Crippen LogP contribution in [0.25, 0.3) is 0 Å². The third-order valence-corrected chi connectivity index (χ3v) is 3.78. The minimum Gasteiger partial charge on any atom is -0.508 e. The first-order valence-corrected chi connectivity index (χ1v) is 5.17. The number of ketones is 1. The van der Waals surface area contributed by atoms with Crippen molar-refractivity contribution < 1.29 is 14.6 Å². The normalized spacial score (nSPS) is 37.6. The molecule has 3 aliphatic carbocycles. The lowest BCUT2D eigenvalue weighted by molar-refractivity contribution is -0.120. The van der Waals surface area contributed by atoms with Gasteiger partial charge in [-0.2, -0.15) is 0 Å². The molecule has 2 bridgehead atoms.